The quantitative estimate of drug-likeness (QED) is 0.853. The molecule has 0 unspecified atom stereocenters. The van der Waals surface area contributed by atoms with Crippen LogP contribution in [0.25, 0.3) is 0 Å². The number of aliphatic hydroxyl groups is 1. The summed E-state index contributed by atoms with van der Waals surface area (Å²) in [6, 6.07) is 0.513. The lowest BCUT2D eigenvalue weighted by Gasteiger charge is -2.36. The van der Waals surface area contributed by atoms with Gasteiger partial charge in [0.15, 0.2) is 0 Å². The van der Waals surface area contributed by atoms with E-state index >= 15 is 0 Å². The molecule has 2 fully saturated rings. The van der Waals surface area contributed by atoms with Gasteiger partial charge in [-0.05, 0) is 58.5 Å². The van der Waals surface area contributed by atoms with Crippen molar-refractivity contribution in [2.24, 2.45) is 5.92 Å². The minimum Gasteiger partial charge on any atom is -0.383 e. The summed E-state index contributed by atoms with van der Waals surface area (Å²) >= 11 is 0. The van der Waals surface area contributed by atoms with Gasteiger partial charge in [0.25, 0.3) is 0 Å². The summed E-state index contributed by atoms with van der Waals surface area (Å²) < 4.78 is 0. The molecule has 1 saturated heterocycles. The molecule has 2 N–H and O–H groups in total. The number of aromatic nitrogens is 2. The Morgan fingerprint density at radius 3 is 2.52 bits per heavy atom. The zero-order valence-corrected chi connectivity index (χ0v) is 13.9. The summed E-state index contributed by atoms with van der Waals surface area (Å²) in [5.74, 6) is -0.135. The van der Waals surface area contributed by atoms with E-state index in [4.69, 9.17) is 0 Å². The van der Waals surface area contributed by atoms with Gasteiger partial charge in [0.1, 0.15) is 6.10 Å². The van der Waals surface area contributed by atoms with Crippen LogP contribution in [-0.4, -0.2) is 51.1 Å². The third kappa shape index (κ3) is 4.06. The van der Waals surface area contributed by atoms with E-state index in [2.05, 4.69) is 27.1 Å². The first-order chi connectivity index (χ1) is 11.0. The van der Waals surface area contributed by atoms with E-state index in [0.29, 0.717) is 6.04 Å². The first-order valence-electron chi connectivity index (χ1n) is 8.55. The molecule has 0 bridgehead atoms. The molecule has 126 valence electrons. The molecule has 6 heteroatoms. The van der Waals surface area contributed by atoms with Crippen LogP contribution in [-0.2, 0) is 4.79 Å². The van der Waals surface area contributed by atoms with Crippen LogP contribution in [0.1, 0.15) is 50.0 Å². The Morgan fingerprint density at radius 1 is 1.26 bits per heavy atom. The van der Waals surface area contributed by atoms with Crippen molar-refractivity contribution in [2.45, 2.75) is 57.7 Å². The lowest BCUT2D eigenvalue weighted by molar-refractivity contribution is -0.133. The third-order valence-electron chi connectivity index (χ3n) is 4.99. The summed E-state index contributed by atoms with van der Waals surface area (Å²) in [4.78, 5) is 23.1. The molecule has 0 aromatic carbocycles. The summed E-state index contributed by atoms with van der Waals surface area (Å²) in [6.07, 6.45) is 6.53. The summed E-state index contributed by atoms with van der Waals surface area (Å²) in [5.41, 5.74) is 1.89. The number of carbonyl (C=O) groups excluding carboxylic acids is 1. The zero-order chi connectivity index (χ0) is 16.4. The van der Waals surface area contributed by atoms with Gasteiger partial charge >= 0.3 is 0 Å². The molecule has 1 aliphatic carbocycles. The Bertz CT molecular complexity index is 536. The Balaban J connectivity index is 1.51. The minimum absolute atomic E-state index is 0.0568. The van der Waals surface area contributed by atoms with Crippen molar-refractivity contribution in [3.63, 3.8) is 0 Å². The highest BCUT2D eigenvalue weighted by Gasteiger charge is 2.34. The third-order valence-corrected chi connectivity index (χ3v) is 4.99. The number of aryl methyl sites for hydroxylation is 1. The van der Waals surface area contributed by atoms with E-state index in [1.165, 1.54) is 0 Å². The molecule has 3 rings (SSSR count). The highest BCUT2D eigenvalue weighted by atomic mass is 16.3. The topological polar surface area (TPSA) is 78.3 Å². The van der Waals surface area contributed by atoms with Gasteiger partial charge in [-0.15, -0.1) is 0 Å². The van der Waals surface area contributed by atoms with Crippen LogP contribution in [0, 0.1) is 12.8 Å². The minimum atomic E-state index is -0.868. The lowest BCUT2D eigenvalue weighted by Crippen LogP contribution is -2.45. The number of nitrogens with one attached hydrogen (secondary N) is 1. The van der Waals surface area contributed by atoms with Crippen LogP contribution in [0.15, 0.2) is 12.4 Å². The highest BCUT2D eigenvalue weighted by molar-refractivity contribution is 5.81. The van der Waals surface area contributed by atoms with Crippen LogP contribution < -0.4 is 5.32 Å². The number of aliphatic hydroxyl groups excluding tert-OH is 1. The van der Waals surface area contributed by atoms with Gasteiger partial charge in [0.2, 0.25) is 5.91 Å². The SMILES string of the molecule is Cc1cnc([C@@H](C)N2CCC([C@@H](O)C(=O)NC3CC3)CC2)cn1. The Labute approximate surface area is 137 Å². The van der Waals surface area contributed by atoms with Crippen molar-refractivity contribution in [1.82, 2.24) is 20.2 Å². The number of amides is 1. The molecule has 1 aromatic heterocycles. The zero-order valence-electron chi connectivity index (χ0n) is 13.9. The molecule has 23 heavy (non-hydrogen) atoms. The predicted octanol–water partition coefficient (Wildman–Crippen LogP) is 1.20. The molecule has 2 aliphatic rings. The van der Waals surface area contributed by atoms with Gasteiger partial charge in [-0.2, -0.15) is 0 Å². The van der Waals surface area contributed by atoms with Gasteiger partial charge in [-0.25, -0.2) is 0 Å². The average molecular weight is 318 g/mol. The average Bonchev–Trinajstić information content (AvgIpc) is 3.38. The monoisotopic (exact) mass is 318 g/mol. The second kappa shape index (κ2) is 6.93. The van der Waals surface area contributed by atoms with Gasteiger partial charge in [0.05, 0.1) is 23.6 Å². The first kappa shape index (κ1) is 16.3. The number of hydrogen-bond donors (Lipinski definition) is 2. The van der Waals surface area contributed by atoms with Gasteiger partial charge in [0, 0.05) is 12.2 Å². The van der Waals surface area contributed by atoms with Gasteiger partial charge in [-0.3, -0.25) is 19.7 Å². The molecule has 2 heterocycles. The molecule has 0 spiro atoms. The van der Waals surface area contributed by atoms with Crippen LogP contribution in [0.5, 0.6) is 0 Å². The molecular formula is C17H26N4O2. The maximum absolute atomic E-state index is 12.0. The van der Waals surface area contributed by atoms with E-state index in [-0.39, 0.29) is 17.9 Å². The van der Waals surface area contributed by atoms with Crippen molar-refractivity contribution in [3.05, 3.63) is 23.8 Å². The van der Waals surface area contributed by atoms with E-state index in [1.54, 1.807) is 6.20 Å². The largest absolute Gasteiger partial charge is 0.383 e. The van der Waals surface area contributed by atoms with Crippen molar-refractivity contribution < 1.29 is 9.90 Å². The summed E-state index contributed by atoms with van der Waals surface area (Å²) in [7, 11) is 0. The standard InChI is InChI=1S/C17H26N4O2/c1-11-9-19-15(10-18-11)12(2)21-7-5-13(6-8-21)16(22)17(23)20-14-3-4-14/h9-10,12-14,16,22H,3-8H2,1-2H3,(H,20,23)/t12-,16-/m1/s1. The maximum atomic E-state index is 12.0. The van der Waals surface area contributed by atoms with Crippen molar-refractivity contribution in [3.8, 4) is 0 Å². The Kier molecular flexibility index (Phi) is 4.92. The van der Waals surface area contributed by atoms with Crippen molar-refractivity contribution in [1.29, 1.82) is 0 Å². The number of carbonyl (C=O) groups is 1. The Morgan fingerprint density at radius 2 is 1.96 bits per heavy atom. The second-order valence-corrected chi connectivity index (χ2v) is 6.86. The van der Waals surface area contributed by atoms with Crippen LogP contribution >= 0.6 is 0 Å². The maximum Gasteiger partial charge on any atom is 0.249 e. The van der Waals surface area contributed by atoms with E-state index in [9.17, 15) is 9.90 Å². The molecule has 1 aromatic rings. The number of piperidine rings is 1. The highest BCUT2D eigenvalue weighted by Crippen LogP contribution is 2.28. The van der Waals surface area contributed by atoms with Crippen LogP contribution in [0.3, 0.4) is 0 Å². The normalized spacial score (nSPS) is 22.6. The van der Waals surface area contributed by atoms with Gasteiger partial charge in [-0.1, -0.05) is 0 Å². The molecule has 1 aliphatic heterocycles. The van der Waals surface area contributed by atoms with E-state index < -0.39 is 6.10 Å². The molecule has 1 amide bonds. The number of nitrogens with zero attached hydrogens (tertiary/aromatic N) is 3. The number of hydrogen-bond acceptors (Lipinski definition) is 5. The van der Waals surface area contributed by atoms with Crippen molar-refractivity contribution in [2.75, 3.05) is 13.1 Å². The van der Waals surface area contributed by atoms with E-state index in [0.717, 1.165) is 50.2 Å². The second-order valence-electron chi connectivity index (χ2n) is 6.86. The Hall–Kier alpha value is -1.53. The summed E-state index contributed by atoms with van der Waals surface area (Å²) in [5, 5.41) is 13.1. The fraction of sp³-hybridized carbons (Fsp3) is 0.706. The van der Waals surface area contributed by atoms with Crippen LogP contribution in [0.2, 0.25) is 0 Å². The molecule has 6 nitrogen and oxygen atoms in total. The molecule has 0 radical (unpaired) electrons. The molecule has 1 saturated carbocycles. The van der Waals surface area contributed by atoms with Crippen molar-refractivity contribution >= 4 is 5.91 Å². The lowest BCUT2D eigenvalue weighted by atomic mass is 9.90. The molecule has 2 atom stereocenters. The molecular weight excluding hydrogens is 292 g/mol. The fourth-order valence-corrected chi connectivity index (χ4v) is 3.16. The predicted molar refractivity (Wildman–Crippen MR) is 86.7 cm³/mol. The number of rotatable bonds is 5. The fourth-order valence-electron chi connectivity index (χ4n) is 3.16. The van der Waals surface area contributed by atoms with Crippen LogP contribution in [0.4, 0.5) is 0 Å². The summed E-state index contributed by atoms with van der Waals surface area (Å²) in [6.45, 7) is 5.81. The first-order valence-corrected chi connectivity index (χ1v) is 8.55. The number of likely N-dealkylation sites (tertiary alicyclic amines) is 1. The van der Waals surface area contributed by atoms with Gasteiger partial charge < -0.3 is 10.4 Å². The smallest absolute Gasteiger partial charge is 0.249 e. The van der Waals surface area contributed by atoms with E-state index in [1.807, 2.05) is 13.1 Å².